The standard InChI is InChI=1S/C20H19BrN4O2/c1-27-16-4-2-3-14(11-16)20(26)25-9-7-24(8-10-25)19-17-12-15(21)5-6-18(17)22-13-23-19/h2-6,11-13H,7-10H2,1H3. The van der Waals surface area contributed by atoms with Crippen molar-refractivity contribution < 1.29 is 9.53 Å². The molecule has 0 spiro atoms. The lowest BCUT2D eigenvalue weighted by Gasteiger charge is -2.35. The Kier molecular flexibility index (Phi) is 4.94. The van der Waals surface area contributed by atoms with E-state index in [4.69, 9.17) is 4.74 Å². The molecular weight excluding hydrogens is 408 g/mol. The van der Waals surface area contributed by atoms with E-state index in [1.807, 2.05) is 41.3 Å². The van der Waals surface area contributed by atoms with E-state index in [1.54, 1.807) is 19.5 Å². The van der Waals surface area contributed by atoms with Crippen LogP contribution in [0.3, 0.4) is 0 Å². The highest BCUT2D eigenvalue weighted by molar-refractivity contribution is 9.10. The summed E-state index contributed by atoms with van der Waals surface area (Å²) in [5, 5.41) is 1.01. The van der Waals surface area contributed by atoms with Crippen molar-refractivity contribution in [3.05, 3.63) is 58.8 Å². The molecule has 2 heterocycles. The Labute approximate surface area is 165 Å². The molecule has 2 aromatic carbocycles. The first-order valence-corrected chi connectivity index (χ1v) is 9.53. The summed E-state index contributed by atoms with van der Waals surface area (Å²) in [7, 11) is 1.60. The first kappa shape index (κ1) is 17.7. The molecule has 1 saturated heterocycles. The van der Waals surface area contributed by atoms with Crippen molar-refractivity contribution in [2.45, 2.75) is 0 Å². The first-order valence-electron chi connectivity index (χ1n) is 8.74. The maximum atomic E-state index is 12.8. The molecule has 1 fully saturated rings. The topological polar surface area (TPSA) is 58.6 Å². The molecule has 138 valence electrons. The van der Waals surface area contributed by atoms with Gasteiger partial charge in [-0.15, -0.1) is 0 Å². The van der Waals surface area contributed by atoms with Crippen molar-refractivity contribution in [2.24, 2.45) is 0 Å². The summed E-state index contributed by atoms with van der Waals surface area (Å²) in [5.41, 5.74) is 1.57. The smallest absolute Gasteiger partial charge is 0.254 e. The number of piperazine rings is 1. The lowest BCUT2D eigenvalue weighted by Crippen LogP contribution is -2.49. The lowest BCUT2D eigenvalue weighted by molar-refractivity contribution is 0.0746. The van der Waals surface area contributed by atoms with Gasteiger partial charge >= 0.3 is 0 Å². The van der Waals surface area contributed by atoms with Gasteiger partial charge in [-0.25, -0.2) is 9.97 Å². The Morgan fingerprint density at radius 3 is 2.67 bits per heavy atom. The van der Waals surface area contributed by atoms with Gasteiger partial charge < -0.3 is 14.5 Å². The van der Waals surface area contributed by atoms with Gasteiger partial charge in [0.05, 0.1) is 12.6 Å². The van der Waals surface area contributed by atoms with Gasteiger partial charge in [-0.1, -0.05) is 22.0 Å². The van der Waals surface area contributed by atoms with Gasteiger partial charge in [0.1, 0.15) is 17.9 Å². The largest absolute Gasteiger partial charge is 0.497 e. The van der Waals surface area contributed by atoms with Crippen LogP contribution in [0.25, 0.3) is 10.9 Å². The second kappa shape index (κ2) is 7.52. The van der Waals surface area contributed by atoms with E-state index in [1.165, 1.54) is 0 Å². The van der Waals surface area contributed by atoms with Crippen LogP contribution in [0.5, 0.6) is 5.75 Å². The number of ether oxygens (including phenoxy) is 1. The molecule has 27 heavy (non-hydrogen) atoms. The zero-order valence-corrected chi connectivity index (χ0v) is 16.5. The van der Waals surface area contributed by atoms with Gasteiger partial charge in [-0.2, -0.15) is 0 Å². The summed E-state index contributed by atoms with van der Waals surface area (Å²) in [6.07, 6.45) is 1.60. The summed E-state index contributed by atoms with van der Waals surface area (Å²) < 4.78 is 6.22. The van der Waals surface area contributed by atoms with Gasteiger partial charge in [0.2, 0.25) is 0 Å². The van der Waals surface area contributed by atoms with Crippen molar-refractivity contribution in [1.29, 1.82) is 0 Å². The number of carbonyl (C=O) groups is 1. The fraction of sp³-hybridized carbons (Fsp3) is 0.250. The minimum Gasteiger partial charge on any atom is -0.497 e. The lowest BCUT2D eigenvalue weighted by atomic mass is 10.1. The maximum Gasteiger partial charge on any atom is 0.254 e. The molecule has 0 N–H and O–H groups in total. The summed E-state index contributed by atoms with van der Waals surface area (Å²) >= 11 is 3.52. The molecule has 0 unspecified atom stereocenters. The van der Waals surface area contributed by atoms with E-state index >= 15 is 0 Å². The van der Waals surface area contributed by atoms with Gasteiger partial charge in [0.15, 0.2) is 0 Å². The Bertz CT molecular complexity index is 987. The number of benzene rings is 2. The fourth-order valence-electron chi connectivity index (χ4n) is 3.33. The van der Waals surface area contributed by atoms with Crippen molar-refractivity contribution in [2.75, 3.05) is 38.2 Å². The van der Waals surface area contributed by atoms with Crippen molar-refractivity contribution >= 4 is 38.6 Å². The number of amides is 1. The number of rotatable bonds is 3. The molecule has 1 amide bonds. The molecule has 7 heteroatoms. The molecular formula is C20H19BrN4O2. The monoisotopic (exact) mass is 426 g/mol. The molecule has 3 aromatic rings. The second-order valence-corrected chi connectivity index (χ2v) is 7.29. The number of carbonyl (C=O) groups excluding carboxylic acids is 1. The molecule has 4 rings (SSSR count). The fourth-order valence-corrected chi connectivity index (χ4v) is 3.69. The quantitative estimate of drug-likeness (QED) is 0.642. The number of hydrogen-bond acceptors (Lipinski definition) is 5. The van der Waals surface area contributed by atoms with E-state index in [0.717, 1.165) is 34.3 Å². The van der Waals surface area contributed by atoms with Gasteiger partial charge in [0, 0.05) is 41.6 Å². The first-order chi connectivity index (χ1) is 13.2. The van der Waals surface area contributed by atoms with Crippen molar-refractivity contribution in [3.8, 4) is 5.75 Å². The molecule has 0 aliphatic carbocycles. The zero-order valence-electron chi connectivity index (χ0n) is 14.9. The number of nitrogens with zero attached hydrogens (tertiary/aromatic N) is 4. The van der Waals surface area contributed by atoms with Crippen LogP contribution < -0.4 is 9.64 Å². The number of hydrogen-bond donors (Lipinski definition) is 0. The molecule has 0 radical (unpaired) electrons. The summed E-state index contributed by atoms with van der Waals surface area (Å²) in [4.78, 5) is 25.7. The highest BCUT2D eigenvalue weighted by atomic mass is 79.9. The third-order valence-corrected chi connectivity index (χ3v) is 5.25. The molecule has 1 aromatic heterocycles. The predicted molar refractivity (Wildman–Crippen MR) is 108 cm³/mol. The average Bonchev–Trinajstić information content (AvgIpc) is 2.73. The summed E-state index contributed by atoms with van der Waals surface area (Å²) in [6, 6.07) is 13.3. The zero-order chi connectivity index (χ0) is 18.8. The van der Waals surface area contributed by atoms with Crippen LogP contribution in [0.15, 0.2) is 53.3 Å². The van der Waals surface area contributed by atoms with Crippen LogP contribution in [0, 0.1) is 0 Å². The Morgan fingerprint density at radius 1 is 1.07 bits per heavy atom. The van der Waals surface area contributed by atoms with Crippen LogP contribution in [-0.4, -0.2) is 54.1 Å². The van der Waals surface area contributed by atoms with Crippen LogP contribution in [0.2, 0.25) is 0 Å². The van der Waals surface area contributed by atoms with Crippen molar-refractivity contribution in [1.82, 2.24) is 14.9 Å². The van der Waals surface area contributed by atoms with Crippen LogP contribution in [-0.2, 0) is 0 Å². The van der Waals surface area contributed by atoms with E-state index in [9.17, 15) is 4.79 Å². The highest BCUT2D eigenvalue weighted by Gasteiger charge is 2.24. The molecule has 1 aliphatic heterocycles. The SMILES string of the molecule is COc1cccc(C(=O)N2CCN(c3ncnc4ccc(Br)cc34)CC2)c1. The van der Waals surface area contributed by atoms with Gasteiger partial charge in [-0.05, 0) is 36.4 Å². The normalized spacial score (nSPS) is 14.4. The van der Waals surface area contributed by atoms with Crippen LogP contribution >= 0.6 is 15.9 Å². The van der Waals surface area contributed by atoms with E-state index in [0.29, 0.717) is 24.4 Å². The minimum atomic E-state index is 0.0313. The van der Waals surface area contributed by atoms with E-state index < -0.39 is 0 Å². The number of methoxy groups -OCH3 is 1. The number of anilines is 1. The van der Waals surface area contributed by atoms with E-state index in [-0.39, 0.29) is 5.91 Å². The molecule has 0 saturated carbocycles. The van der Waals surface area contributed by atoms with E-state index in [2.05, 4.69) is 30.8 Å². The summed E-state index contributed by atoms with van der Waals surface area (Å²) in [5.74, 6) is 1.64. The minimum absolute atomic E-state index is 0.0313. The molecule has 1 aliphatic rings. The third kappa shape index (κ3) is 3.60. The Balaban J connectivity index is 1.51. The molecule has 0 atom stereocenters. The highest BCUT2D eigenvalue weighted by Crippen LogP contribution is 2.27. The molecule has 0 bridgehead atoms. The average molecular weight is 427 g/mol. The van der Waals surface area contributed by atoms with Crippen LogP contribution in [0.4, 0.5) is 5.82 Å². The Hall–Kier alpha value is -2.67. The Morgan fingerprint density at radius 2 is 1.89 bits per heavy atom. The number of aromatic nitrogens is 2. The van der Waals surface area contributed by atoms with Crippen LogP contribution in [0.1, 0.15) is 10.4 Å². The van der Waals surface area contributed by atoms with Gasteiger partial charge in [0.25, 0.3) is 5.91 Å². The second-order valence-electron chi connectivity index (χ2n) is 6.37. The third-order valence-electron chi connectivity index (χ3n) is 4.76. The van der Waals surface area contributed by atoms with Gasteiger partial charge in [-0.3, -0.25) is 4.79 Å². The van der Waals surface area contributed by atoms with Crippen molar-refractivity contribution in [3.63, 3.8) is 0 Å². The summed E-state index contributed by atoms with van der Waals surface area (Å²) in [6.45, 7) is 2.76. The maximum absolute atomic E-state index is 12.8. The number of halogens is 1. The molecule has 6 nitrogen and oxygen atoms in total. The number of fused-ring (bicyclic) bond motifs is 1. The predicted octanol–water partition coefficient (Wildman–Crippen LogP) is 3.36.